The van der Waals surface area contributed by atoms with Gasteiger partial charge in [0, 0.05) is 5.92 Å². The van der Waals surface area contributed by atoms with E-state index in [2.05, 4.69) is 60.0 Å². The fourth-order valence-corrected chi connectivity index (χ4v) is 4.22. The summed E-state index contributed by atoms with van der Waals surface area (Å²) in [5.74, 6) is 0.467. The first kappa shape index (κ1) is 17.2. The van der Waals surface area contributed by atoms with Crippen LogP contribution in [0, 0.1) is 11.3 Å². The predicted molar refractivity (Wildman–Crippen MR) is 100 cm³/mol. The van der Waals surface area contributed by atoms with Gasteiger partial charge in [0.1, 0.15) is 0 Å². The molecule has 2 unspecified atom stereocenters. The average Bonchev–Trinajstić information content (AvgIpc) is 3.28. The van der Waals surface area contributed by atoms with E-state index in [1.54, 1.807) is 0 Å². The largest absolute Gasteiger partial charge is 0.349 e. The summed E-state index contributed by atoms with van der Waals surface area (Å²) in [4.78, 5) is 12.7. The normalized spacial score (nSPS) is 22.6. The Morgan fingerprint density at radius 3 is 2.67 bits per heavy atom. The van der Waals surface area contributed by atoms with Gasteiger partial charge in [-0.15, -0.1) is 12.4 Å². The zero-order valence-electron chi connectivity index (χ0n) is 14.0. The van der Waals surface area contributed by atoms with E-state index in [4.69, 9.17) is 0 Å². The van der Waals surface area contributed by atoms with Crippen LogP contribution in [0.3, 0.4) is 0 Å². The van der Waals surface area contributed by atoms with Crippen LogP contribution < -0.4 is 10.6 Å². The molecule has 2 aromatic carbocycles. The lowest BCUT2D eigenvalue weighted by Crippen LogP contribution is -2.34. The van der Waals surface area contributed by atoms with Gasteiger partial charge in [-0.2, -0.15) is 0 Å². The van der Waals surface area contributed by atoms with Gasteiger partial charge in [0.05, 0.1) is 6.04 Å². The van der Waals surface area contributed by atoms with Crippen LogP contribution in [-0.2, 0) is 4.79 Å². The monoisotopic (exact) mass is 344 g/mol. The molecule has 1 amide bonds. The molecule has 1 heterocycles. The molecular weight excluding hydrogens is 320 g/mol. The minimum atomic E-state index is 0. The predicted octanol–water partition coefficient (Wildman–Crippen LogP) is 3.83. The standard InChI is InChI=1S/C20H24N2O.ClH/c1-14(16-8-4-6-15-5-2-3-7-17(15)16)22-19(23)18-13-20(18)9-11-21-12-10-20;/h2-8,14,18,21H,9-13H2,1H3,(H,22,23);1H. The molecule has 24 heavy (non-hydrogen) atoms. The van der Waals surface area contributed by atoms with Crippen molar-refractivity contribution in [2.24, 2.45) is 11.3 Å². The highest BCUT2D eigenvalue weighted by atomic mass is 35.5. The number of amides is 1. The van der Waals surface area contributed by atoms with Gasteiger partial charge in [-0.05, 0) is 61.0 Å². The molecule has 2 aliphatic rings. The van der Waals surface area contributed by atoms with Gasteiger partial charge in [-0.25, -0.2) is 0 Å². The van der Waals surface area contributed by atoms with Gasteiger partial charge in [-0.1, -0.05) is 42.5 Å². The van der Waals surface area contributed by atoms with Crippen LogP contribution in [0.25, 0.3) is 10.8 Å². The number of fused-ring (bicyclic) bond motifs is 1. The molecular formula is C20H25ClN2O. The molecule has 2 N–H and O–H groups in total. The molecule has 0 bridgehead atoms. The van der Waals surface area contributed by atoms with E-state index < -0.39 is 0 Å². The lowest BCUT2D eigenvalue weighted by molar-refractivity contribution is -0.123. The van der Waals surface area contributed by atoms with Crippen molar-refractivity contribution in [2.45, 2.75) is 32.2 Å². The molecule has 128 valence electrons. The summed E-state index contributed by atoms with van der Waals surface area (Å²) in [5.41, 5.74) is 1.50. The Labute approximate surface area is 149 Å². The Morgan fingerprint density at radius 1 is 1.17 bits per heavy atom. The second kappa shape index (κ2) is 6.73. The molecule has 2 fully saturated rings. The van der Waals surface area contributed by atoms with Crippen LogP contribution in [0.5, 0.6) is 0 Å². The minimum Gasteiger partial charge on any atom is -0.349 e. The fourth-order valence-electron chi connectivity index (χ4n) is 4.22. The summed E-state index contributed by atoms with van der Waals surface area (Å²) in [6.45, 7) is 4.21. The molecule has 1 aliphatic heterocycles. The third-order valence-corrected chi connectivity index (χ3v) is 5.75. The fraction of sp³-hybridized carbons (Fsp3) is 0.450. The Balaban J connectivity index is 0.00000169. The average molecular weight is 345 g/mol. The van der Waals surface area contributed by atoms with Crippen molar-refractivity contribution in [3.63, 3.8) is 0 Å². The van der Waals surface area contributed by atoms with Crippen LogP contribution >= 0.6 is 12.4 Å². The van der Waals surface area contributed by atoms with E-state index in [1.165, 1.54) is 16.3 Å². The van der Waals surface area contributed by atoms with Crippen molar-refractivity contribution in [3.8, 4) is 0 Å². The highest BCUT2D eigenvalue weighted by molar-refractivity contribution is 5.88. The molecule has 4 heteroatoms. The highest BCUT2D eigenvalue weighted by Gasteiger charge is 2.57. The zero-order valence-corrected chi connectivity index (χ0v) is 14.9. The van der Waals surface area contributed by atoms with Crippen LogP contribution in [0.1, 0.15) is 37.8 Å². The molecule has 3 nitrogen and oxygen atoms in total. The molecule has 2 aromatic rings. The van der Waals surface area contributed by atoms with Crippen molar-refractivity contribution in [1.82, 2.24) is 10.6 Å². The van der Waals surface area contributed by atoms with Crippen LogP contribution in [0.15, 0.2) is 42.5 Å². The Morgan fingerprint density at radius 2 is 1.88 bits per heavy atom. The number of halogens is 1. The summed E-state index contributed by atoms with van der Waals surface area (Å²) in [7, 11) is 0. The highest BCUT2D eigenvalue weighted by Crippen LogP contribution is 2.58. The third-order valence-electron chi connectivity index (χ3n) is 5.75. The number of hydrogen-bond donors (Lipinski definition) is 2. The molecule has 2 atom stereocenters. The van der Waals surface area contributed by atoms with Crippen LogP contribution in [0.2, 0.25) is 0 Å². The van der Waals surface area contributed by atoms with Crippen molar-refractivity contribution < 1.29 is 4.79 Å². The maximum absolute atomic E-state index is 12.7. The van der Waals surface area contributed by atoms with Gasteiger partial charge in [-0.3, -0.25) is 4.79 Å². The summed E-state index contributed by atoms with van der Waals surface area (Å²) >= 11 is 0. The first-order chi connectivity index (χ1) is 11.2. The molecule has 1 aliphatic carbocycles. The van der Waals surface area contributed by atoms with Gasteiger partial charge in [0.2, 0.25) is 5.91 Å². The SMILES string of the molecule is CC(NC(=O)C1CC12CCNCC2)c1cccc2ccccc12.Cl. The van der Waals surface area contributed by atoms with Crippen molar-refractivity contribution >= 4 is 29.1 Å². The minimum absolute atomic E-state index is 0. The van der Waals surface area contributed by atoms with Gasteiger partial charge >= 0.3 is 0 Å². The second-order valence-electron chi connectivity index (χ2n) is 7.17. The quantitative estimate of drug-likeness (QED) is 0.888. The Kier molecular flexibility index (Phi) is 4.84. The third kappa shape index (κ3) is 3.03. The van der Waals surface area contributed by atoms with E-state index in [0.717, 1.165) is 32.4 Å². The van der Waals surface area contributed by atoms with E-state index >= 15 is 0 Å². The van der Waals surface area contributed by atoms with Crippen molar-refractivity contribution in [3.05, 3.63) is 48.0 Å². The molecule has 1 spiro atoms. The lowest BCUT2D eigenvalue weighted by atomic mass is 9.91. The second-order valence-corrected chi connectivity index (χ2v) is 7.17. The number of rotatable bonds is 3. The molecule has 0 radical (unpaired) electrons. The maximum atomic E-state index is 12.7. The molecule has 1 saturated heterocycles. The van der Waals surface area contributed by atoms with E-state index in [-0.39, 0.29) is 30.3 Å². The van der Waals surface area contributed by atoms with Crippen molar-refractivity contribution in [2.75, 3.05) is 13.1 Å². The summed E-state index contributed by atoms with van der Waals surface area (Å²) in [6, 6.07) is 14.8. The lowest BCUT2D eigenvalue weighted by Gasteiger charge is -2.24. The van der Waals surface area contributed by atoms with Gasteiger partial charge in [0.25, 0.3) is 0 Å². The topological polar surface area (TPSA) is 41.1 Å². The summed E-state index contributed by atoms with van der Waals surface area (Å²) in [5, 5.41) is 9.12. The Hall–Kier alpha value is -1.58. The van der Waals surface area contributed by atoms with Crippen LogP contribution in [-0.4, -0.2) is 19.0 Å². The zero-order chi connectivity index (χ0) is 15.9. The number of piperidine rings is 1. The maximum Gasteiger partial charge on any atom is 0.224 e. The first-order valence-electron chi connectivity index (χ1n) is 8.68. The van der Waals surface area contributed by atoms with Crippen molar-refractivity contribution in [1.29, 1.82) is 0 Å². The van der Waals surface area contributed by atoms with Crippen LogP contribution in [0.4, 0.5) is 0 Å². The number of nitrogens with one attached hydrogen (secondary N) is 2. The summed E-state index contributed by atoms with van der Waals surface area (Å²) in [6.07, 6.45) is 3.37. The number of carbonyl (C=O) groups excluding carboxylic acids is 1. The van der Waals surface area contributed by atoms with Gasteiger partial charge in [0.15, 0.2) is 0 Å². The number of hydrogen-bond acceptors (Lipinski definition) is 2. The first-order valence-corrected chi connectivity index (χ1v) is 8.68. The van der Waals surface area contributed by atoms with E-state index in [1.807, 2.05) is 0 Å². The molecule has 0 aromatic heterocycles. The van der Waals surface area contributed by atoms with E-state index in [9.17, 15) is 4.79 Å². The number of benzene rings is 2. The Bertz CT molecular complexity index is 734. The summed E-state index contributed by atoms with van der Waals surface area (Å²) < 4.78 is 0. The van der Waals surface area contributed by atoms with Gasteiger partial charge < -0.3 is 10.6 Å². The number of carbonyl (C=O) groups is 1. The molecule has 1 saturated carbocycles. The smallest absolute Gasteiger partial charge is 0.224 e. The van der Waals surface area contributed by atoms with E-state index in [0.29, 0.717) is 5.41 Å². The molecule has 4 rings (SSSR count).